The van der Waals surface area contributed by atoms with Crippen molar-refractivity contribution in [2.24, 2.45) is 5.73 Å². The molecule has 1 saturated heterocycles. The third-order valence-corrected chi connectivity index (χ3v) is 3.81. The van der Waals surface area contributed by atoms with Gasteiger partial charge < -0.3 is 15.8 Å². The Morgan fingerprint density at radius 2 is 2.15 bits per heavy atom. The Morgan fingerprint density at radius 3 is 2.85 bits per heavy atom. The summed E-state index contributed by atoms with van der Waals surface area (Å²) in [6.07, 6.45) is 1.10. The largest absolute Gasteiger partial charge is 0.389 e. The van der Waals surface area contributed by atoms with E-state index in [1.807, 2.05) is 12.1 Å². The van der Waals surface area contributed by atoms with Crippen molar-refractivity contribution >= 4 is 22.9 Å². The first kappa shape index (κ1) is 15.2. The molecule has 3 N–H and O–H groups in total. The molecule has 0 bridgehead atoms. The minimum atomic E-state index is 0.448. The highest BCUT2D eigenvalue weighted by Gasteiger charge is 2.10. The molecule has 0 atom stereocenters. The fraction of sp³-hybridized carbons (Fsp3) is 0.533. The van der Waals surface area contributed by atoms with Crippen molar-refractivity contribution in [2.75, 3.05) is 44.7 Å². The molecule has 0 radical (unpaired) electrons. The molecule has 1 aliphatic rings. The van der Waals surface area contributed by atoms with Gasteiger partial charge in [-0.3, -0.25) is 4.90 Å². The minimum absolute atomic E-state index is 0.448. The van der Waals surface area contributed by atoms with Gasteiger partial charge in [-0.05, 0) is 31.5 Å². The van der Waals surface area contributed by atoms with Crippen molar-refractivity contribution in [2.45, 2.75) is 13.3 Å². The quantitative estimate of drug-likeness (QED) is 0.618. The number of thiocarbonyl (C=S) groups is 1. The normalized spacial score (nSPS) is 16.1. The van der Waals surface area contributed by atoms with E-state index < -0.39 is 0 Å². The zero-order valence-electron chi connectivity index (χ0n) is 12.0. The molecule has 0 aliphatic carbocycles. The number of nitrogens with one attached hydrogen (secondary N) is 1. The van der Waals surface area contributed by atoms with Gasteiger partial charge in [0.1, 0.15) is 4.99 Å². The van der Waals surface area contributed by atoms with Crippen LogP contribution in [-0.2, 0) is 4.74 Å². The highest BCUT2D eigenvalue weighted by Crippen LogP contribution is 2.20. The maximum absolute atomic E-state index is 5.77. The van der Waals surface area contributed by atoms with Crippen molar-refractivity contribution in [3.8, 4) is 0 Å². The smallest absolute Gasteiger partial charge is 0.106 e. The van der Waals surface area contributed by atoms with E-state index in [-0.39, 0.29) is 0 Å². The molecular formula is C15H23N3OS. The highest BCUT2D eigenvalue weighted by molar-refractivity contribution is 7.80. The van der Waals surface area contributed by atoms with E-state index in [4.69, 9.17) is 22.7 Å². The van der Waals surface area contributed by atoms with Crippen LogP contribution in [0.15, 0.2) is 18.2 Å². The van der Waals surface area contributed by atoms with Crippen LogP contribution in [0.2, 0.25) is 0 Å². The molecule has 20 heavy (non-hydrogen) atoms. The van der Waals surface area contributed by atoms with Gasteiger partial charge in [-0.1, -0.05) is 24.4 Å². The van der Waals surface area contributed by atoms with Crippen molar-refractivity contribution in [3.63, 3.8) is 0 Å². The van der Waals surface area contributed by atoms with Crippen LogP contribution in [0.3, 0.4) is 0 Å². The van der Waals surface area contributed by atoms with Gasteiger partial charge >= 0.3 is 0 Å². The number of nitrogens with zero attached hydrogens (tertiary/aromatic N) is 1. The number of ether oxygens (including phenoxy) is 1. The summed E-state index contributed by atoms with van der Waals surface area (Å²) in [5, 5.41) is 3.48. The summed E-state index contributed by atoms with van der Waals surface area (Å²) in [4.78, 5) is 2.89. The lowest BCUT2D eigenvalue weighted by Gasteiger charge is -2.26. The summed E-state index contributed by atoms with van der Waals surface area (Å²) in [7, 11) is 0. The molecule has 2 rings (SSSR count). The van der Waals surface area contributed by atoms with Gasteiger partial charge in [-0.25, -0.2) is 0 Å². The van der Waals surface area contributed by atoms with Gasteiger partial charge in [-0.15, -0.1) is 0 Å². The first-order valence-electron chi connectivity index (χ1n) is 7.12. The number of nitrogens with two attached hydrogens (primary N) is 1. The number of para-hydroxylation sites is 1. The minimum Gasteiger partial charge on any atom is -0.389 e. The van der Waals surface area contributed by atoms with Crippen molar-refractivity contribution in [3.05, 3.63) is 29.3 Å². The number of hydrogen-bond acceptors (Lipinski definition) is 4. The summed E-state index contributed by atoms with van der Waals surface area (Å²) in [6.45, 7) is 7.91. The highest BCUT2D eigenvalue weighted by atomic mass is 32.1. The van der Waals surface area contributed by atoms with E-state index in [0.29, 0.717) is 4.99 Å². The van der Waals surface area contributed by atoms with Crippen LogP contribution >= 0.6 is 12.2 Å². The van der Waals surface area contributed by atoms with E-state index in [0.717, 1.165) is 57.1 Å². The monoisotopic (exact) mass is 293 g/mol. The van der Waals surface area contributed by atoms with Gasteiger partial charge in [0.15, 0.2) is 0 Å². The van der Waals surface area contributed by atoms with Gasteiger partial charge in [-0.2, -0.15) is 0 Å². The molecule has 1 aromatic carbocycles. The number of morpholine rings is 1. The second-order valence-corrected chi connectivity index (χ2v) is 5.54. The molecule has 0 aromatic heterocycles. The zero-order valence-corrected chi connectivity index (χ0v) is 12.8. The number of rotatable bonds is 6. The number of anilines is 1. The molecule has 0 unspecified atom stereocenters. The van der Waals surface area contributed by atoms with Gasteiger partial charge in [0.05, 0.1) is 13.2 Å². The molecule has 0 spiro atoms. The third-order valence-electron chi connectivity index (χ3n) is 3.59. The molecule has 1 fully saturated rings. The fourth-order valence-corrected chi connectivity index (χ4v) is 2.62. The summed E-state index contributed by atoms with van der Waals surface area (Å²) in [6, 6.07) is 6.04. The van der Waals surface area contributed by atoms with Crippen LogP contribution in [-0.4, -0.2) is 49.3 Å². The zero-order chi connectivity index (χ0) is 14.4. The molecule has 110 valence electrons. The summed E-state index contributed by atoms with van der Waals surface area (Å²) < 4.78 is 5.35. The maximum Gasteiger partial charge on any atom is 0.106 e. The Kier molecular flexibility index (Phi) is 5.76. The van der Waals surface area contributed by atoms with Gasteiger partial charge in [0.25, 0.3) is 0 Å². The average Bonchev–Trinajstić information content (AvgIpc) is 2.45. The summed E-state index contributed by atoms with van der Waals surface area (Å²) in [5.41, 5.74) is 8.96. The van der Waals surface area contributed by atoms with Crippen LogP contribution in [0.5, 0.6) is 0 Å². The Morgan fingerprint density at radius 1 is 1.40 bits per heavy atom. The van der Waals surface area contributed by atoms with Crippen LogP contribution in [0.25, 0.3) is 0 Å². The summed E-state index contributed by atoms with van der Waals surface area (Å²) in [5.74, 6) is 0. The Labute approximate surface area is 126 Å². The van der Waals surface area contributed by atoms with Crippen LogP contribution in [0.4, 0.5) is 5.69 Å². The number of aryl methyl sites for hydroxylation is 1. The Bertz CT molecular complexity index is 458. The number of benzene rings is 1. The van der Waals surface area contributed by atoms with E-state index in [9.17, 15) is 0 Å². The fourth-order valence-electron chi connectivity index (χ4n) is 2.45. The molecular weight excluding hydrogens is 270 g/mol. The third kappa shape index (κ3) is 4.16. The lowest BCUT2D eigenvalue weighted by Crippen LogP contribution is -2.37. The lowest BCUT2D eigenvalue weighted by molar-refractivity contribution is 0.0378. The van der Waals surface area contributed by atoms with Crippen molar-refractivity contribution in [1.29, 1.82) is 0 Å². The van der Waals surface area contributed by atoms with Gasteiger partial charge in [0, 0.05) is 30.9 Å². The van der Waals surface area contributed by atoms with Gasteiger partial charge in [0.2, 0.25) is 0 Å². The SMILES string of the molecule is Cc1cccc(C(N)=S)c1NCCCN1CCOCC1. The molecule has 4 nitrogen and oxygen atoms in total. The van der Waals surface area contributed by atoms with Crippen LogP contribution in [0, 0.1) is 6.92 Å². The molecule has 0 amide bonds. The molecule has 5 heteroatoms. The predicted octanol–water partition coefficient (Wildman–Crippen LogP) is 1.76. The topological polar surface area (TPSA) is 50.5 Å². The molecule has 0 saturated carbocycles. The Balaban J connectivity index is 1.83. The molecule has 1 aliphatic heterocycles. The first-order valence-corrected chi connectivity index (χ1v) is 7.52. The Hall–Kier alpha value is -1.17. The number of hydrogen-bond donors (Lipinski definition) is 2. The van der Waals surface area contributed by atoms with E-state index in [1.54, 1.807) is 0 Å². The van der Waals surface area contributed by atoms with E-state index in [2.05, 4.69) is 23.2 Å². The molecule has 1 aromatic rings. The summed E-state index contributed by atoms with van der Waals surface area (Å²) >= 11 is 5.11. The second-order valence-electron chi connectivity index (χ2n) is 5.10. The first-order chi connectivity index (χ1) is 9.68. The second kappa shape index (κ2) is 7.57. The van der Waals surface area contributed by atoms with E-state index >= 15 is 0 Å². The predicted molar refractivity (Wildman–Crippen MR) is 87.4 cm³/mol. The lowest BCUT2D eigenvalue weighted by atomic mass is 10.1. The standard InChI is InChI=1S/C15H23N3OS/c1-12-4-2-5-13(15(16)20)14(12)17-6-3-7-18-8-10-19-11-9-18/h2,4-5,17H,3,6-11H2,1H3,(H2,16,20). The maximum atomic E-state index is 5.77. The van der Waals surface area contributed by atoms with Crippen molar-refractivity contribution in [1.82, 2.24) is 4.90 Å². The van der Waals surface area contributed by atoms with E-state index in [1.165, 1.54) is 5.56 Å². The average molecular weight is 293 g/mol. The molecule has 1 heterocycles. The van der Waals surface area contributed by atoms with Crippen LogP contribution < -0.4 is 11.1 Å². The van der Waals surface area contributed by atoms with Crippen LogP contribution in [0.1, 0.15) is 17.5 Å². The van der Waals surface area contributed by atoms with Crippen molar-refractivity contribution < 1.29 is 4.74 Å².